The Morgan fingerprint density at radius 1 is 0.514 bits per heavy atom. The van der Waals surface area contributed by atoms with E-state index in [-0.39, 0.29) is 19.3 Å². The summed E-state index contributed by atoms with van der Waals surface area (Å²) in [6.07, 6.45) is 21.1. The molecule has 0 atom stereocenters. The van der Waals surface area contributed by atoms with Crippen molar-refractivity contribution in [2.45, 2.75) is 122 Å². The Hall–Kier alpha value is -1.89. The van der Waals surface area contributed by atoms with Gasteiger partial charge >= 0.3 is 17.9 Å². The van der Waals surface area contributed by atoms with Gasteiger partial charge in [-0.3, -0.25) is 14.4 Å². The standard InChI is InChI=1S/C28H51NO6/c1-2-3-4-5-6-7-8-9-10-11-12-13-14-15-22-29(23-16-19-26(30)31,24-17-20-27(32)33)25-18-21-28(34)35/h11-12H,2-10,13-25H2,1H3,(H2-,30,31,32,33,34,35)/p+1/b12-11+. The van der Waals surface area contributed by atoms with Crippen molar-refractivity contribution in [3.8, 4) is 0 Å². The first-order valence-electron chi connectivity index (χ1n) is 14.0. The molecule has 204 valence electrons. The maximum Gasteiger partial charge on any atom is 0.303 e. The number of aliphatic carboxylic acids is 3. The van der Waals surface area contributed by atoms with Crippen LogP contribution in [0.15, 0.2) is 12.2 Å². The maximum absolute atomic E-state index is 11.0. The summed E-state index contributed by atoms with van der Waals surface area (Å²) < 4.78 is 0.621. The van der Waals surface area contributed by atoms with Crippen LogP contribution in [-0.2, 0) is 14.4 Å². The van der Waals surface area contributed by atoms with Crippen molar-refractivity contribution in [3.05, 3.63) is 12.2 Å². The average Bonchev–Trinajstić information content (AvgIpc) is 2.78. The fourth-order valence-electron chi connectivity index (χ4n) is 4.71. The largest absolute Gasteiger partial charge is 0.481 e. The van der Waals surface area contributed by atoms with Crippen molar-refractivity contribution in [2.75, 3.05) is 26.2 Å². The Labute approximate surface area is 213 Å². The Balaban J connectivity index is 4.46. The van der Waals surface area contributed by atoms with E-state index in [0.717, 1.165) is 32.2 Å². The quantitative estimate of drug-likeness (QED) is 0.0699. The van der Waals surface area contributed by atoms with Gasteiger partial charge in [0.25, 0.3) is 0 Å². The van der Waals surface area contributed by atoms with E-state index in [2.05, 4.69) is 19.1 Å². The molecule has 7 heteroatoms. The Kier molecular flexibility index (Phi) is 21.3. The van der Waals surface area contributed by atoms with Crippen molar-refractivity contribution >= 4 is 17.9 Å². The van der Waals surface area contributed by atoms with Crippen LogP contribution in [0.2, 0.25) is 0 Å². The van der Waals surface area contributed by atoms with E-state index < -0.39 is 17.9 Å². The molecule has 0 saturated heterocycles. The van der Waals surface area contributed by atoms with Gasteiger partial charge in [0.05, 0.1) is 45.4 Å². The highest BCUT2D eigenvalue weighted by atomic mass is 16.4. The first-order valence-corrected chi connectivity index (χ1v) is 14.0. The van der Waals surface area contributed by atoms with Crippen LogP contribution in [0.3, 0.4) is 0 Å². The smallest absolute Gasteiger partial charge is 0.303 e. The molecule has 0 saturated carbocycles. The summed E-state index contributed by atoms with van der Waals surface area (Å²) in [4.78, 5) is 33.1. The van der Waals surface area contributed by atoms with Crippen molar-refractivity contribution in [1.29, 1.82) is 0 Å². The third-order valence-corrected chi connectivity index (χ3v) is 6.71. The Morgan fingerprint density at radius 2 is 0.857 bits per heavy atom. The molecule has 3 N–H and O–H groups in total. The Morgan fingerprint density at radius 3 is 1.26 bits per heavy atom. The molecule has 0 aromatic carbocycles. The number of nitrogens with zero attached hydrogens (tertiary/aromatic N) is 1. The third-order valence-electron chi connectivity index (χ3n) is 6.71. The van der Waals surface area contributed by atoms with Crippen LogP contribution < -0.4 is 0 Å². The average molecular weight is 499 g/mol. The van der Waals surface area contributed by atoms with Crippen LogP contribution in [0.5, 0.6) is 0 Å². The van der Waals surface area contributed by atoms with E-state index in [9.17, 15) is 14.4 Å². The van der Waals surface area contributed by atoms with Gasteiger partial charge in [0, 0.05) is 19.3 Å². The second-order valence-electron chi connectivity index (χ2n) is 9.96. The van der Waals surface area contributed by atoms with Gasteiger partial charge in [-0.1, -0.05) is 64.0 Å². The molecule has 0 bridgehead atoms. The van der Waals surface area contributed by atoms with E-state index in [1.807, 2.05) is 0 Å². The number of hydrogen-bond donors (Lipinski definition) is 3. The predicted octanol–water partition coefficient (Wildman–Crippen LogP) is 6.65. The van der Waals surface area contributed by atoms with Crippen molar-refractivity contribution < 1.29 is 34.2 Å². The molecule has 0 aromatic rings. The molecular weight excluding hydrogens is 446 g/mol. The van der Waals surface area contributed by atoms with Gasteiger partial charge in [0.15, 0.2) is 0 Å². The Bertz CT molecular complexity index is 540. The normalized spacial score (nSPS) is 11.8. The monoisotopic (exact) mass is 498 g/mol. The summed E-state index contributed by atoms with van der Waals surface area (Å²) in [6, 6.07) is 0. The molecule has 0 fully saturated rings. The molecule has 0 aliphatic heterocycles. The number of carbonyl (C=O) groups is 3. The number of carboxylic acid groups (broad SMARTS) is 3. The molecule has 0 aromatic heterocycles. The number of allylic oxidation sites excluding steroid dienone is 2. The molecule has 0 radical (unpaired) electrons. The molecule has 0 unspecified atom stereocenters. The first-order chi connectivity index (χ1) is 16.8. The molecular formula is C28H52NO6+. The second-order valence-corrected chi connectivity index (χ2v) is 9.96. The van der Waals surface area contributed by atoms with E-state index >= 15 is 0 Å². The van der Waals surface area contributed by atoms with Gasteiger partial charge < -0.3 is 19.8 Å². The zero-order chi connectivity index (χ0) is 26.2. The van der Waals surface area contributed by atoms with Crippen LogP contribution in [0, 0.1) is 0 Å². The summed E-state index contributed by atoms with van der Waals surface area (Å²) in [5.41, 5.74) is 0. The number of quaternary nitrogens is 1. The SMILES string of the molecule is CCCCCCCCCC/C=C/CCCC[N+](CCCC(=O)O)(CCCC(=O)O)CCCC(=O)O. The van der Waals surface area contributed by atoms with Crippen LogP contribution >= 0.6 is 0 Å². The van der Waals surface area contributed by atoms with Gasteiger partial charge in [0.1, 0.15) is 0 Å². The summed E-state index contributed by atoms with van der Waals surface area (Å²) in [7, 11) is 0. The molecule has 0 rings (SSSR count). The van der Waals surface area contributed by atoms with Crippen molar-refractivity contribution in [1.82, 2.24) is 0 Å². The minimum atomic E-state index is -0.833. The number of rotatable bonds is 26. The lowest BCUT2D eigenvalue weighted by Gasteiger charge is -2.39. The molecule has 7 nitrogen and oxygen atoms in total. The van der Waals surface area contributed by atoms with Crippen LogP contribution in [-0.4, -0.2) is 63.9 Å². The van der Waals surface area contributed by atoms with Crippen molar-refractivity contribution in [3.63, 3.8) is 0 Å². The number of unbranched alkanes of at least 4 members (excludes halogenated alkanes) is 10. The molecule has 0 amide bonds. The minimum absolute atomic E-state index is 0.0827. The summed E-state index contributed by atoms with van der Waals surface area (Å²) in [5, 5.41) is 27.1. The second kappa shape index (κ2) is 22.6. The topological polar surface area (TPSA) is 112 Å². The number of hydrogen-bond acceptors (Lipinski definition) is 3. The van der Waals surface area contributed by atoms with E-state index in [0.29, 0.717) is 43.4 Å². The maximum atomic E-state index is 11.0. The molecule has 0 aliphatic carbocycles. The lowest BCUT2D eigenvalue weighted by molar-refractivity contribution is -0.929. The van der Waals surface area contributed by atoms with Crippen LogP contribution in [0.25, 0.3) is 0 Å². The summed E-state index contributed by atoms with van der Waals surface area (Å²) in [6.45, 7) is 5.04. The van der Waals surface area contributed by atoms with E-state index in [1.165, 1.54) is 51.4 Å². The highest BCUT2D eigenvalue weighted by molar-refractivity contribution is 5.67. The van der Waals surface area contributed by atoms with Gasteiger partial charge in [-0.25, -0.2) is 0 Å². The molecule has 0 aliphatic rings. The van der Waals surface area contributed by atoms with Gasteiger partial charge in [0.2, 0.25) is 0 Å². The van der Waals surface area contributed by atoms with Crippen LogP contribution in [0.4, 0.5) is 0 Å². The van der Waals surface area contributed by atoms with Crippen molar-refractivity contribution in [2.24, 2.45) is 0 Å². The molecule has 0 spiro atoms. The van der Waals surface area contributed by atoms with E-state index in [1.54, 1.807) is 0 Å². The summed E-state index contributed by atoms with van der Waals surface area (Å²) >= 11 is 0. The fourth-order valence-corrected chi connectivity index (χ4v) is 4.71. The predicted molar refractivity (Wildman–Crippen MR) is 141 cm³/mol. The summed E-state index contributed by atoms with van der Waals surface area (Å²) in [5.74, 6) is -2.50. The molecule has 35 heavy (non-hydrogen) atoms. The lowest BCUT2D eigenvalue weighted by atomic mass is 10.1. The minimum Gasteiger partial charge on any atom is -0.481 e. The van der Waals surface area contributed by atoms with Gasteiger partial charge in [-0.15, -0.1) is 0 Å². The zero-order valence-electron chi connectivity index (χ0n) is 22.2. The highest BCUT2D eigenvalue weighted by Crippen LogP contribution is 2.18. The molecule has 0 heterocycles. The number of carboxylic acids is 3. The van der Waals surface area contributed by atoms with Gasteiger partial charge in [-0.2, -0.15) is 0 Å². The highest BCUT2D eigenvalue weighted by Gasteiger charge is 2.27. The fraction of sp³-hybridized carbons (Fsp3) is 0.821. The lowest BCUT2D eigenvalue weighted by Crippen LogP contribution is -2.51. The van der Waals surface area contributed by atoms with E-state index in [4.69, 9.17) is 15.3 Å². The first kappa shape index (κ1) is 33.1. The zero-order valence-corrected chi connectivity index (χ0v) is 22.2. The van der Waals surface area contributed by atoms with Crippen LogP contribution in [0.1, 0.15) is 122 Å². The van der Waals surface area contributed by atoms with Gasteiger partial charge in [-0.05, 0) is 32.1 Å². The third kappa shape index (κ3) is 22.3.